The summed E-state index contributed by atoms with van der Waals surface area (Å²) in [5.41, 5.74) is 6.70. The second kappa shape index (κ2) is 6.58. The van der Waals surface area contributed by atoms with Crippen molar-refractivity contribution in [1.29, 1.82) is 0 Å². The minimum atomic E-state index is 0.387. The summed E-state index contributed by atoms with van der Waals surface area (Å²) < 4.78 is 6.22. The molecule has 0 unspecified atom stereocenters. The summed E-state index contributed by atoms with van der Waals surface area (Å²) in [6.07, 6.45) is 0. The molecular formula is C13H14BrN3OS. The van der Waals surface area contributed by atoms with Gasteiger partial charge >= 0.3 is 0 Å². The monoisotopic (exact) mass is 339 g/mol. The van der Waals surface area contributed by atoms with Crippen molar-refractivity contribution in [3.05, 3.63) is 45.1 Å². The second-order valence-corrected chi connectivity index (χ2v) is 5.70. The molecule has 1 aromatic carbocycles. The quantitative estimate of drug-likeness (QED) is 0.662. The third-order valence-electron chi connectivity index (χ3n) is 2.37. The number of thiophene rings is 1. The van der Waals surface area contributed by atoms with Crippen LogP contribution in [0, 0.1) is 0 Å². The van der Waals surface area contributed by atoms with E-state index in [4.69, 9.17) is 10.5 Å². The number of halogens is 1. The first-order valence-corrected chi connectivity index (χ1v) is 7.28. The lowest BCUT2D eigenvalue weighted by atomic mass is 10.3. The van der Waals surface area contributed by atoms with Crippen molar-refractivity contribution >= 4 is 38.9 Å². The van der Waals surface area contributed by atoms with E-state index in [1.807, 2.05) is 35.7 Å². The van der Waals surface area contributed by atoms with E-state index in [0.717, 1.165) is 20.8 Å². The number of aliphatic imine (C=N–C) groups is 1. The Balaban J connectivity index is 1.97. The van der Waals surface area contributed by atoms with Crippen LogP contribution in [0.5, 0.6) is 5.75 Å². The third-order valence-corrected chi connectivity index (χ3v) is 4.05. The molecule has 2 rings (SSSR count). The number of rotatable bonds is 4. The number of ether oxygens (including phenoxy) is 1. The van der Waals surface area contributed by atoms with Gasteiger partial charge in [-0.25, -0.2) is 4.99 Å². The number of nitrogens with two attached hydrogens (primary N) is 1. The topological polar surface area (TPSA) is 59.6 Å². The Morgan fingerprint density at radius 1 is 1.47 bits per heavy atom. The Hall–Kier alpha value is -1.53. The predicted octanol–water partition coefficient (Wildman–Crippen LogP) is 3.45. The molecule has 1 heterocycles. The highest BCUT2D eigenvalue weighted by Crippen LogP contribution is 2.20. The molecular weight excluding hydrogens is 326 g/mol. The van der Waals surface area contributed by atoms with Crippen molar-refractivity contribution in [1.82, 2.24) is 0 Å². The third kappa shape index (κ3) is 4.25. The molecule has 0 aliphatic carbocycles. The van der Waals surface area contributed by atoms with Gasteiger partial charge in [-0.15, -0.1) is 11.3 Å². The van der Waals surface area contributed by atoms with E-state index in [-0.39, 0.29) is 0 Å². The molecule has 0 radical (unpaired) electrons. The normalized spacial score (nSPS) is 11.4. The van der Waals surface area contributed by atoms with Crippen LogP contribution >= 0.6 is 27.3 Å². The van der Waals surface area contributed by atoms with Crippen LogP contribution in [0.1, 0.15) is 4.88 Å². The van der Waals surface area contributed by atoms with Gasteiger partial charge < -0.3 is 15.8 Å². The number of anilines is 1. The van der Waals surface area contributed by atoms with Gasteiger partial charge in [0.1, 0.15) is 5.75 Å². The molecule has 0 bridgehead atoms. The van der Waals surface area contributed by atoms with Gasteiger partial charge in [-0.2, -0.15) is 0 Å². The summed E-state index contributed by atoms with van der Waals surface area (Å²) in [5.74, 6) is 1.16. The molecule has 4 nitrogen and oxygen atoms in total. The number of guanidine groups is 1. The fraction of sp³-hybridized carbons (Fsp3) is 0.154. The minimum absolute atomic E-state index is 0.387. The number of hydrogen-bond acceptors (Lipinski definition) is 3. The van der Waals surface area contributed by atoms with Crippen LogP contribution < -0.4 is 15.8 Å². The molecule has 0 atom stereocenters. The van der Waals surface area contributed by atoms with Gasteiger partial charge in [0.05, 0.1) is 13.7 Å². The summed E-state index contributed by atoms with van der Waals surface area (Å²) in [4.78, 5) is 5.45. The van der Waals surface area contributed by atoms with E-state index in [1.54, 1.807) is 18.4 Å². The van der Waals surface area contributed by atoms with E-state index >= 15 is 0 Å². The van der Waals surface area contributed by atoms with Crippen molar-refractivity contribution in [2.24, 2.45) is 10.7 Å². The van der Waals surface area contributed by atoms with Crippen molar-refractivity contribution in [3.63, 3.8) is 0 Å². The van der Waals surface area contributed by atoms with Gasteiger partial charge in [-0.1, -0.05) is 6.07 Å². The summed E-state index contributed by atoms with van der Waals surface area (Å²) in [5, 5.41) is 5.06. The largest absolute Gasteiger partial charge is 0.497 e. The lowest BCUT2D eigenvalue weighted by Gasteiger charge is -2.07. The summed E-state index contributed by atoms with van der Waals surface area (Å²) in [7, 11) is 1.63. The van der Waals surface area contributed by atoms with Crippen LogP contribution in [0.4, 0.5) is 5.69 Å². The second-order valence-electron chi connectivity index (χ2n) is 3.79. The Labute approximate surface area is 124 Å². The first-order chi connectivity index (χ1) is 9.17. The minimum Gasteiger partial charge on any atom is -0.497 e. The zero-order valence-corrected chi connectivity index (χ0v) is 12.8. The average Bonchev–Trinajstić information content (AvgIpc) is 2.82. The highest BCUT2D eigenvalue weighted by atomic mass is 79.9. The van der Waals surface area contributed by atoms with E-state index < -0.39 is 0 Å². The van der Waals surface area contributed by atoms with Gasteiger partial charge in [0.15, 0.2) is 5.96 Å². The molecule has 0 saturated heterocycles. The van der Waals surface area contributed by atoms with Crippen LogP contribution in [0.25, 0.3) is 0 Å². The molecule has 0 fully saturated rings. The van der Waals surface area contributed by atoms with Crippen molar-refractivity contribution in [2.75, 3.05) is 12.4 Å². The van der Waals surface area contributed by atoms with Gasteiger partial charge in [-0.05, 0) is 34.1 Å². The van der Waals surface area contributed by atoms with Gasteiger partial charge in [0, 0.05) is 26.5 Å². The number of hydrogen-bond donors (Lipinski definition) is 2. The van der Waals surface area contributed by atoms with Crippen LogP contribution in [0.15, 0.2) is 45.2 Å². The standard InChI is InChI=1S/C13H14BrN3OS/c1-18-11-4-2-3-10(6-11)17-13(15)16-7-12-5-9(14)8-19-12/h2-6,8H,7H2,1H3,(H3,15,16,17). The molecule has 1 aromatic heterocycles. The number of benzene rings is 1. The fourth-order valence-electron chi connectivity index (χ4n) is 1.49. The van der Waals surface area contributed by atoms with E-state index in [1.165, 1.54) is 0 Å². The molecule has 100 valence electrons. The summed E-state index contributed by atoms with van der Waals surface area (Å²) >= 11 is 5.06. The molecule has 19 heavy (non-hydrogen) atoms. The molecule has 0 amide bonds. The van der Waals surface area contributed by atoms with Crippen LogP contribution in [0.2, 0.25) is 0 Å². The van der Waals surface area contributed by atoms with Crippen molar-refractivity contribution in [2.45, 2.75) is 6.54 Å². The van der Waals surface area contributed by atoms with Crippen LogP contribution in [-0.2, 0) is 6.54 Å². The highest BCUT2D eigenvalue weighted by molar-refractivity contribution is 9.10. The Kier molecular flexibility index (Phi) is 4.81. The number of methoxy groups -OCH3 is 1. The lowest BCUT2D eigenvalue weighted by Crippen LogP contribution is -2.22. The molecule has 3 N–H and O–H groups in total. The Morgan fingerprint density at radius 3 is 3.00 bits per heavy atom. The SMILES string of the molecule is COc1cccc(NC(N)=NCc2cc(Br)cs2)c1. The van der Waals surface area contributed by atoms with Crippen LogP contribution in [0.3, 0.4) is 0 Å². The van der Waals surface area contributed by atoms with E-state index in [0.29, 0.717) is 12.5 Å². The zero-order chi connectivity index (χ0) is 13.7. The van der Waals surface area contributed by atoms with E-state index in [2.05, 4.69) is 26.2 Å². The van der Waals surface area contributed by atoms with Crippen molar-refractivity contribution < 1.29 is 4.74 Å². The average molecular weight is 340 g/mol. The number of nitrogens with one attached hydrogen (secondary N) is 1. The van der Waals surface area contributed by atoms with E-state index in [9.17, 15) is 0 Å². The Morgan fingerprint density at radius 2 is 2.32 bits per heavy atom. The number of nitrogens with zero attached hydrogens (tertiary/aromatic N) is 1. The Bertz CT molecular complexity index is 583. The maximum atomic E-state index is 5.84. The summed E-state index contributed by atoms with van der Waals surface area (Å²) in [6.45, 7) is 0.569. The van der Waals surface area contributed by atoms with Crippen LogP contribution in [-0.4, -0.2) is 13.1 Å². The van der Waals surface area contributed by atoms with Gasteiger partial charge in [-0.3, -0.25) is 0 Å². The molecule has 2 aromatic rings. The highest BCUT2D eigenvalue weighted by Gasteiger charge is 1.99. The van der Waals surface area contributed by atoms with Gasteiger partial charge in [0.2, 0.25) is 0 Å². The fourth-order valence-corrected chi connectivity index (χ4v) is 2.86. The molecule has 0 spiro atoms. The molecule has 0 aliphatic heterocycles. The molecule has 0 saturated carbocycles. The smallest absolute Gasteiger partial charge is 0.193 e. The maximum Gasteiger partial charge on any atom is 0.193 e. The van der Waals surface area contributed by atoms with Gasteiger partial charge in [0.25, 0.3) is 0 Å². The predicted molar refractivity (Wildman–Crippen MR) is 84.0 cm³/mol. The van der Waals surface area contributed by atoms with Crippen molar-refractivity contribution in [3.8, 4) is 5.75 Å². The first-order valence-electron chi connectivity index (χ1n) is 5.61. The zero-order valence-electron chi connectivity index (χ0n) is 10.4. The lowest BCUT2D eigenvalue weighted by molar-refractivity contribution is 0.415. The summed E-state index contributed by atoms with van der Waals surface area (Å²) in [6, 6.07) is 9.58. The maximum absolute atomic E-state index is 5.84. The first kappa shape index (κ1) is 13.9. The molecule has 6 heteroatoms. The molecule has 0 aliphatic rings.